The summed E-state index contributed by atoms with van der Waals surface area (Å²) in [5, 5.41) is 0. The van der Waals surface area contributed by atoms with Gasteiger partial charge in [-0.05, 0) is 47.2 Å². The van der Waals surface area contributed by atoms with E-state index >= 15 is 0 Å². The van der Waals surface area contributed by atoms with Crippen LogP contribution in [0.25, 0.3) is 11.1 Å². The fourth-order valence-corrected chi connectivity index (χ4v) is 6.28. The largest absolute Gasteiger partial charge is 0.284 e. The molecule has 0 aliphatic carbocycles. The first-order chi connectivity index (χ1) is 15.9. The van der Waals surface area contributed by atoms with Gasteiger partial charge in [0.25, 0.3) is 0 Å². The predicted octanol–water partition coefficient (Wildman–Crippen LogP) is 5.27. The van der Waals surface area contributed by atoms with Crippen LogP contribution in [-0.4, -0.2) is 33.9 Å². The van der Waals surface area contributed by atoms with Gasteiger partial charge in [0, 0.05) is 18.3 Å². The second-order valence-electron chi connectivity index (χ2n) is 8.95. The molecule has 6 nitrogen and oxygen atoms in total. The molecule has 0 amide bonds. The van der Waals surface area contributed by atoms with Crippen molar-refractivity contribution in [2.45, 2.75) is 32.6 Å². The predicted molar refractivity (Wildman–Crippen MR) is 139 cm³/mol. The van der Waals surface area contributed by atoms with Gasteiger partial charge in [0.15, 0.2) is 0 Å². The van der Waals surface area contributed by atoms with Crippen molar-refractivity contribution in [3.63, 3.8) is 0 Å². The summed E-state index contributed by atoms with van der Waals surface area (Å²) in [5.41, 5.74) is 4.09. The zero-order valence-electron chi connectivity index (χ0n) is 20.0. The van der Waals surface area contributed by atoms with Gasteiger partial charge < -0.3 is 0 Å². The molecule has 0 saturated carbocycles. The summed E-state index contributed by atoms with van der Waals surface area (Å²) >= 11 is 0. The molecule has 0 heterocycles. The van der Waals surface area contributed by atoms with Crippen LogP contribution in [0.15, 0.2) is 78.9 Å². The Labute approximate surface area is 203 Å². The number of sulfonamides is 2. The van der Waals surface area contributed by atoms with Crippen LogP contribution in [0.5, 0.6) is 0 Å². The van der Waals surface area contributed by atoms with Gasteiger partial charge in [0.05, 0.1) is 12.0 Å². The van der Waals surface area contributed by atoms with E-state index < -0.39 is 20.0 Å². The molecule has 0 saturated heterocycles. The standard InChI is InChI=1S/C26H32N2O4S2/c1-20(2)18-28(34(31,32)19-22-8-6-5-7-9-22)21(3)23-10-12-24(13-11-23)25-14-16-26(17-15-25)27-33(4,29)30/h5-17,20-21,27H,18-19H2,1-4H3/t21-/m1/s1. The summed E-state index contributed by atoms with van der Waals surface area (Å²) in [6, 6.07) is 23.9. The summed E-state index contributed by atoms with van der Waals surface area (Å²) in [5.74, 6) is 0.156. The van der Waals surface area contributed by atoms with Gasteiger partial charge in [-0.15, -0.1) is 0 Å². The van der Waals surface area contributed by atoms with Crippen molar-refractivity contribution in [3.8, 4) is 11.1 Å². The van der Waals surface area contributed by atoms with E-state index in [1.54, 1.807) is 16.4 Å². The van der Waals surface area contributed by atoms with E-state index in [4.69, 9.17) is 0 Å². The Morgan fingerprint density at radius 2 is 1.29 bits per heavy atom. The maximum atomic E-state index is 13.3. The minimum atomic E-state index is -3.52. The highest BCUT2D eigenvalue weighted by Gasteiger charge is 2.29. The Balaban J connectivity index is 1.81. The molecule has 34 heavy (non-hydrogen) atoms. The van der Waals surface area contributed by atoms with E-state index in [-0.39, 0.29) is 17.7 Å². The highest BCUT2D eigenvalue weighted by molar-refractivity contribution is 7.92. The van der Waals surface area contributed by atoms with E-state index in [0.717, 1.165) is 28.5 Å². The monoisotopic (exact) mass is 500 g/mol. The molecular formula is C26H32N2O4S2. The molecule has 1 N–H and O–H groups in total. The molecule has 3 aromatic carbocycles. The zero-order valence-corrected chi connectivity index (χ0v) is 21.6. The van der Waals surface area contributed by atoms with Crippen LogP contribution in [0, 0.1) is 5.92 Å². The molecule has 0 spiro atoms. The summed E-state index contributed by atoms with van der Waals surface area (Å²) in [4.78, 5) is 0. The molecule has 182 valence electrons. The van der Waals surface area contributed by atoms with Gasteiger partial charge in [-0.3, -0.25) is 4.72 Å². The molecule has 0 aliphatic rings. The van der Waals surface area contributed by atoms with Crippen LogP contribution in [0.2, 0.25) is 0 Å². The molecule has 3 rings (SSSR count). The maximum absolute atomic E-state index is 13.3. The third-order valence-corrected chi connectivity index (χ3v) is 7.93. The maximum Gasteiger partial charge on any atom is 0.229 e. The molecule has 3 aromatic rings. The van der Waals surface area contributed by atoms with Gasteiger partial charge in [0.1, 0.15) is 0 Å². The average Bonchev–Trinajstić information content (AvgIpc) is 2.77. The lowest BCUT2D eigenvalue weighted by Gasteiger charge is -2.30. The average molecular weight is 501 g/mol. The Bertz CT molecular complexity index is 1290. The minimum Gasteiger partial charge on any atom is -0.284 e. The molecule has 0 bridgehead atoms. The summed E-state index contributed by atoms with van der Waals surface area (Å²) in [7, 11) is -6.85. The lowest BCUT2D eigenvalue weighted by atomic mass is 10.0. The van der Waals surface area contributed by atoms with Crippen molar-refractivity contribution >= 4 is 25.7 Å². The number of nitrogens with one attached hydrogen (secondary N) is 1. The molecule has 0 unspecified atom stereocenters. The van der Waals surface area contributed by atoms with Crippen molar-refractivity contribution in [1.29, 1.82) is 0 Å². The minimum absolute atomic E-state index is 0.0309. The van der Waals surface area contributed by atoms with Crippen LogP contribution in [0.1, 0.15) is 37.9 Å². The van der Waals surface area contributed by atoms with Gasteiger partial charge >= 0.3 is 0 Å². The Hall–Kier alpha value is -2.68. The van der Waals surface area contributed by atoms with Gasteiger partial charge in [-0.1, -0.05) is 80.6 Å². The van der Waals surface area contributed by atoms with Crippen LogP contribution in [-0.2, 0) is 25.8 Å². The molecule has 0 aromatic heterocycles. The van der Waals surface area contributed by atoms with Crippen LogP contribution < -0.4 is 4.72 Å². The zero-order chi connectivity index (χ0) is 24.9. The number of benzene rings is 3. The quantitative estimate of drug-likeness (QED) is 0.411. The number of nitrogens with zero attached hydrogens (tertiary/aromatic N) is 1. The fourth-order valence-electron chi connectivity index (χ4n) is 3.81. The van der Waals surface area contributed by atoms with E-state index in [0.29, 0.717) is 12.2 Å². The first kappa shape index (κ1) is 25.9. The van der Waals surface area contributed by atoms with Gasteiger partial charge in [0.2, 0.25) is 20.0 Å². The first-order valence-corrected chi connectivity index (χ1v) is 14.7. The molecule has 1 atom stereocenters. The van der Waals surface area contributed by atoms with Gasteiger partial charge in [-0.2, -0.15) is 4.31 Å². The third-order valence-electron chi connectivity index (χ3n) is 5.44. The van der Waals surface area contributed by atoms with Crippen LogP contribution in [0.3, 0.4) is 0 Å². The van der Waals surface area contributed by atoms with E-state index in [9.17, 15) is 16.8 Å². The smallest absolute Gasteiger partial charge is 0.229 e. The van der Waals surface area contributed by atoms with E-state index in [1.165, 1.54) is 0 Å². The van der Waals surface area contributed by atoms with Crippen molar-refractivity contribution < 1.29 is 16.8 Å². The number of hydrogen-bond donors (Lipinski definition) is 1. The van der Waals surface area contributed by atoms with E-state index in [1.807, 2.05) is 87.5 Å². The van der Waals surface area contributed by atoms with Crippen LogP contribution >= 0.6 is 0 Å². The number of rotatable bonds is 10. The molecule has 0 aliphatic heterocycles. The number of hydrogen-bond acceptors (Lipinski definition) is 4. The van der Waals surface area contributed by atoms with Crippen molar-refractivity contribution in [2.75, 3.05) is 17.5 Å². The summed E-state index contributed by atoms with van der Waals surface area (Å²) in [6.07, 6.45) is 1.11. The first-order valence-electron chi connectivity index (χ1n) is 11.2. The lowest BCUT2D eigenvalue weighted by Crippen LogP contribution is -2.37. The number of anilines is 1. The van der Waals surface area contributed by atoms with Crippen molar-refractivity contribution in [1.82, 2.24) is 4.31 Å². The second-order valence-corrected chi connectivity index (χ2v) is 12.6. The van der Waals surface area contributed by atoms with Crippen LogP contribution in [0.4, 0.5) is 5.69 Å². The Morgan fingerprint density at radius 1 is 0.765 bits per heavy atom. The molecule has 0 radical (unpaired) electrons. The van der Waals surface area contributed by atoms with E-state index in [2.05, 4.69) is 4.72 Å². The highest BCUT2D eigenvalue weighted by atomic mass is 32.2. The van der Waals surface area contributed by atoms with Crippen molar-refractivity contribution in [3.05, 3.63) is 90.0 Å². The van der Waals surface area contributed by atoms with Gasteiger partial charge in [-0.25, -0.2) is 16.8 Å². The normalized spacial score (nSPS) is 13.2. The van der Waals surface area contributed by atoms with Crippen molar-refractivity contribution in [2.24, 2.45) is 5.92 Å². The topological polar surface area (TPSA) is 83.6 Å². The second kappa shape index (κ2) is 10.7. The molecule has 8 heteroatoms. The SMILES string of the molecule is CC(C)CN([C@H](C)c1ccc(-c2ccc(NS(C)(=O)=O)cc2)cc1)S(=O)(=O)Cc1ccccc1. The highest BCUT2D eigenvalue weighted by Crippen LogP contribution is 2.29. The Kier molecular flexibility index (Phi) is 8.17. The summed E-state index contributed by atoms with van der Waals surface area (Å²) in [6.45, 7) is 6.39. The molecular weight excluding hydrogens is 468 g/mol. The fraction of sp³-hybridized carbons (Fsp3) is 0.308. The lowest BCUT2D eigenvalue weighted by molar-refractivity contribution is 0.308. The third kappa shape index (κ3) is 7.16. The molecule has 0 fully saturated rings. The summed E-state index contributed by atoms with van der Waals surface area (Å²) < 4.78 is 53.5. The Morgan fingerprint density at radius 3 is 1.79 bits per heavy atom.